The van der Waals surface area contributed by atoms with Gasteiger partial charge in [-0.3, -0.25) is 5.10 Å². The lowest BCUT2D eigenvalue weighted by Crippen LogP contribution is -2.11. The lowest BCUT2D eigenvalue weighted by Gasteiger charge is -1.97. The van der Waals surface area contributed by atoms with E-state index in [9.17, 15) is 5.11 Å². The summed E-state index contributed by atoms with van der Waals surface area (Å²) in [6, 6.07) is 0. The minimum Gasteiger partial charge on any atom is -0.382 e. The Bertz CT molecular complexity index is 396. The van der Waals surface area contributed by atoms with Gasteiger partial charge in [-0.25, -0.2) is 4.98 Å². The molecule has 1 unspecified atom stereocenters. The first-order chi connectivity index (χ1) is 6.81. The summed E-state index contributed by atoms with van der Waals surface area (Å²) in [7, 11) is 0. The highest BCUT2D eigenvalue weighted by Crippen LogP contribution is 2.13. The SMILES string of the molecule is NCC(O)c1nc(-c2ncn[nH]2)no1. The molecule has 8 nitrogen and oxygen atoms in total. The van der Waals surface area contributed by atoms with Gasteiger partial charge in [-0.2, -0.15) is 10.1 Å². The van der Waals surface area contributed by atoms with Crippen LogP contribution in [0.25, 0.3) is 11.6 Å². The maximum absolute atomic E-state index is 9.27. The highest BCUT2D eigenvalue weighted by molar-refractivity contribution is 5.39. The molecule has 0 radical (unpaired) electrons. The minimum atomic E-state index is -0.945. The topological polar surface area (TPSA) is 127 Å². The average molecular weight is 196 g/mol. The number of H-pyrrole nitrogens is 1. The largest absolute Gasteiger partial charge is 0.382 e. The molecule has 0 amide bonds. The normalized spacial score (nSPS) is 13.0. The summed E-state index contributed by atoms with van der Waals surface area (Å²) in [6.45, 7) is 0.0258. The predicted octanol–water partition coefficient (Wildman–Crippen LogP) is -1.15. The molecule has 0 aliphatic heterocycles. The number of rotatable bonds is 3. The number of aromatic nitrogens is 5. The second-order valence-corrected chi connectivity index (χ2v) is 2.54. The molecule has 2 aromatic heterocycles. The molecule has 2 rings (SSSR count). The Morgan fingerprint density at radius 1 is 1.64 bits per heavy atom. The van der Waals surface area contributed by atoms with Gasteiger partial charge in [0.25, 0.3) is 5.89 Å². The fraction of sp³-hybridized carbons (Fsp3) is 0.333. The van der Waals surface area contributed by atoms with Gasteiger partial charge >= 0.3 is 0 Å². The number of nitrogens with zero attached hydrogens (tertiary/aromatic N) is 4. The van der Waals surface area contributed by atoms with Crippen molar-refractivity contribution >= 4 is 0 Å². The molecule has 1 atom stereocenters. The molecule has 0 saturated carbocycles. The summed E-state index contributed by atoms with van der Waals surface area (Å²) in [4.78, 5) is 7.70. The Morgan fingerprint density at radius 3 is 3.14 bits per heavy atom. The minimum absolute atomic E-state index is 0.0258. The van der Waals surface area contributed by atoms with Crippen molar-refractivity contribution in [1.29, 1.82) is 0 Å². The summed E-state index contributed by atoms with van der Waals surface area (Å²) in [6.07, 6.45) is 0.379. The van der Waals surface area contributed by atoms with Crippen LogP contribution >= 0.6 is 0 Å². The van der Waals surface area contributed by atoms with Crippen molar-refractivity contribution in [3.8, 4) is 11.6 Å². The number of nitrogens with two attached hydrogens (primary N) is 1. The molecule has 0 aromatic carbocycles. The fourth-order valence-electron chi connectivity index (χ4n) is 0.881. The Kier molecular flexibility index (Phi) is 2.21. The zero-order valence-corrected chi connectivity index (χ0v) is 7.08. The molecule has 0 spiro atoms. The van der Waals surface area contributed by atoms with Crippen LogP contribution in [0.15, 0.2) is 10.9 Å². The van der Waals surface area contributed by atoms with E-state index in [1.807, 2.05) is 0 Å². The Labute approximate surface area is 78.2 Å². The number of aliphatic hydroxyl groups is 1. The summed E-state index contributed by atoms with van der Waals surface area (Å²) in [5.41, 5.74) is 5.22. The van der Waals surface area contributed by atoms with Crippen LogP contribution in [-0.2, 0) is 0 Å². The van der Waals surface area contributed by atoms with E-state index in [2.05, 4.69) is 25.3 Å². The van der Waals surface area contributed by atoms with Crippen molar-refractivity contribution < 1.29 is 9.63 Å². The lowest BCUT2D eigenvalue weighted by atomic mass is 10.4. The molecule has 2 aromatic rings. The summed E-state index contributed by atoms with van der Waals surface area (Å²) in [5.74, 6) is 0.688. The molecule has 8 heteroatoms. The lowest BCUT2D eigenvalue weighted by molar-refractivity contribution is 0.141. The molecule has 0 fully saturated rings. The van der Waals surface area contributed by atoms with E-state index >= 15 is 0 Å². The first kappa shape index (κ1) is 8.78. The van der Waals surface area contributed by atoms with Crippen molar-refractivity contribution in [2.24, 2.45) is 5.73 Å². The predicted molar refractivity (Wildman–Crippen MR) is 43.7 cm³/mol. The number of aromatic amines is 1. The molecular formula is C6H8N6O2. The van der Waals surface area contributed by atoms with Crippen molar-refractivity contribution in [3.05, 3.63) is 12.2 Å². The summed E-state index contributed by atoms with van der Waals surface area (Å²) < 4.78 is 4.76. The first-order valence-corrected chi connectivity index (χ1v) is 3.88. The fourth-order valence-corrected chi connectivity index (χ4v) is 0.881. The molecular weight excluding hydrogens is 188 g/mol. The molecule has 14 heavy (non-hydrogen) atoms. The van der Waals surface area contributed by atoms with Gasteiger partial charge in [-0.1, -0.05) is 5.16 Å². The van der Waals surface area contributed by atoms with E-state index in [0.29, 0.717) is 5.82 Å². The Balaban J connectivity index is 2.26. The number of aliphatic hydroxyl groups excluding tert-OH is 1. The molecule has 0 aliphatic carbocycles. The van der Waals surface area contributed by atoms with Crippen molar-refractivity contribution in [1.82, 2.24) is 25.3 Å². The molecule has 2 heterocycles. The van der Waals surface area contributed by atoms with Gasteiger partial charge in [0, 0.05) is 6.54 Å². The smallest absolute Gasteiger partial charge is 0.257 e. The van der Waals surface area contributed by atoms with E-state index in [0.717, 1.165) is 0 Å². The number of hydrogen-bond acceptors (Lipinski definition) is 7. The van der Waals surface area contributed by atoms with E-state index < -0.39 is 6.10 Å². The maximum Gasteiger partial charge on any atom is 0.257 e. The van der Waals surface area contributed by atoms with Crippen molar-refractivity contribution in [2.45, 2.75) is 6.10 Å². The van der Waals surface area contributed by atoms with Crippen LogP contribution in [0.5, 0.6) is 0 Å². The quantitative estimate of drug-likeness (QED) is 0.565. The Morgan fingerprint density at radius 2 is 2.50 bits per heavy atom. The average Bonchev–Trinajstić information content (AvgIpc) is 2.86. The highest BCUT2D eigenvalue weighted by atomic mass is 16.5. The van der Waals surface area contributed by atoms with Crippen molar-refractivity contribution in [2.75, 3.05) is 6.54 Å². The van der Waals surface area contributed by atoms with Gasteiger partial charge in [-0.15, -0.1) is 0 Å². The summed E-state index contributed by atoms with van der Waals surface area (Å²) >= 11 is 0. The third-order valence-corrected chi connectivity index (χ3v) is 1.58. The first-order valence-electron chi connectivity index (χ1n) is 3.88. The van der Waals surface area contributed by atoms with Gasteiger partial charge in [0.15, 0.2) is 5.82 Å². The maximum atomic E-state index is 9.27. The molecule has 0 bridgehead atoms. The monoisotopic (exact) mass is 196 g/mol. The van der Waals surface area contributed by atoms with E-state index in [4.69, 9.17) is 10.3 Å². The third-order valence-electron chi connectivity index (χ3n) is 1.58. The second-order valence-electron chi connectivity index (χ2n) is 2.54. The van der Waals surface area contributed by atoms with E-state index in [1.54, 1.807) is 0 Å². The molecule has 0 saturated heterocycles. The standard InChI is InChI=1S/C6H8N6O2/c7-1-3(13)6-10-5(12-14-6)4-8-2-9-11-4/h2-3,13H,1,7H2,(H,8,9,11). The van der Waals surface area contributed by atoms with Crippen LogP contribution in [-0.4, -0.2) is 37.0 Å². The second kappa shape index (κ2) is 3.52. The van der Waals surface area contributed by atoms with Crippen LogP contribution in [0.3, 0.4) is 0 Å². The summed E-state index contributed by atoms with van der Waals surface area (Å²) in [5, 5.41) is 19.1. The molecule has 0 aliphatic rings. The zero-order chi connectivity index (χ0) is 9.97. The Hall–Kier alpha value is -1.80. The highest BCUT2D eigenvalue weighted by Gasteiger charge is 2.16. The van der Waals surface area contributed by atoms with Crippen LogP contribution < -0.4 is 5.73 Å². The van der Waals surface area contributed by atoms with Crippen LogP contribution in [0.2, 0.25) is 0 Å². The van der Waals surface area contributed by atoms with E-state index in [-0.39, 0.29) is 18.3 Å². The van der Waals surface area contributed by atoms with Gasteiger partial charge in [0.05, 0.1) is 0 Å². The third kappa shape index (κ3) is 1.47. The van der Waals surface area contributed by atoms with E-state index in [1.165, 1.54) is 6.33 Å². The van der Waals surface area contributed by atoms with Gasteiger partial charge in [-0.05, 0) is 0 Å². The van der Waals surface area contributed by atoms with Crippen molar-refractivity contribution in [3.63, 3.8) is 0 Å². The van der Waals surface area contributed by atoms with Crippen LogP contribution in [0.4, 0.5) is 0 Å². The van der Waals surface area contributed by atoms with Gasteiger partial charge in [0.1, 0.15) is 12.4 Å². The van der Waals surface area contributed by atoms with Gasteiger partial charge in [0.2, 0.25) is 5.82 Å². The number of hydrogen-bond donors (Lipinski definition) is 3. The molecule has 4 N–H and O–H groups in total. The zero-order valence-electron chi connectivity index (χ0n) is 7.08. The van der Waals surface area contributed by atoms with Crippen LogP contribution in [0, 0.1) is 0 Å². The molecule has 74 valence electrons. The van der Waals surface area contributed by atoms with Crippen LogP contribution in [0.1, 0.15) is 12.0 Å². The number of nitrogens with one attached hydrogen (secondary N) is 1. The van der Waals surface area contributed by atoms with Gasteiger partial charge < -0.3 is 15.4 Å².